The van der Waals surface area contributed by atoms with Crippen LogP contribution in [0.2, 0.25) is 15.1 Å². The van der Waals surface area contributed by atoms with Crippen LogP contribution in [0.3, 0.4) is 0 Å². The molecule has 4 N–H and O–H groups in total. The van der Waals surface area contributed by atoms with E-state index < -0.39 is 11.8 Å². The fourth-order valence-corrected chi connectivity index (χ4v) is 3.57. The molecular formula is C18H11Cl3N6O2. The number of anilines is 2. The predicted octanol–water partition coefficient (Wildman–Crippen LogP) is 4.32. The molecule has 2 aromatic carbocycles. The van der Waals surface area contributed by atoms with Crippen molar-refractivity contribution in [1.29, 1.82) is 0 Å². The third-order valence-electron chi connectivity index (χ3n) is 4.10. The molecule has 0 saturated carbocycles. The van der Waals surface area contributed by atoms with Crippen molar-refractivity contribution in [2.45, 2.75) is 0 Å². The molecule has 4 rings (SSSR count). The summed E-state index contributed by atoms with van der Waals surface area (Å²) in [5.41, 5.74) is 6.31. The third kappa shape index (κ3) is 3.42. The van der Waals surface area contributed by atoms with Gasteiger partial charge in [-0.05, 0) is 30.3 Å². The van der Waals surface area contributed by atoms with E-state index in [1.165, 1.54) is 6.33 Å². The van der Waals surface area contributed by atoms with Gasteiger partial charge in [0.15, 0.2) is 5.69 Å². The lowest BCUT2D eigenvalue weighted by Crippen LogP contribution is -2.30. The van der Waals surface area contributed by atoms with Crippen LogP contribution in [-0.2, 0) is 0 Å². The minimum absolute atomic E-state index is 0.112. The number of benzene rings is 2. The number of carbonyl (C=O) groups excluding carboxylic acids is 2. The lowest BCUT2D eigenvalue weighted by atomic mass is 10.2. The number of rotatable bonds is 4. The molecule has 0 aliphatic rings. The van der Waals surface area contributed by atoms with E-state index >= 15 is 0 Å². The van der Waals surface area contributed by atoms with Crippen molar-refractivity contribution >= 4 is 69.3 Å². The zero-order chi connectivity index (χ0) is 20.7. The summed E-state index contributed by atoms with van der Waals surface area (Å²) in [6.45, 7) is 0. The number of H-pyrrole nitrogens is 2. The number of fused-ring (bicyclic) bond motifs is 1. The molecule has 0 fully saturated rings. The van der Waals surface area contributed by atoms with Crippen molar-refractivity contribution in [3.63, 3.8) is 0 Å². The van der Waals surface area contributed by atoms with Crippen molar-refractivity contribution < 1.29 is 9.59 Å². The Balaban J connectivity index is 1.95. The minimum Gasteiger partial charge on any atom is -0.364 e. The maximum Gasteiger partial charge on any atom is 0.286 e. The first kappa shape index (κ1) is 19.3. The molecule has 0 spiro atoms. The van der Waals surface area contributed by atoms with Crippen LogP contribution in [0.25, 0.3) is 11.0 Å². The van der Waals surface area contributed by atoms with E-state index in [9.17, 15) is 9.59 Å². The van der Waals surface area contributed by atoms with E-state index in [0.29, 0.717) is 16.1 Å². The number of hydrogen-bond acceptors (Lipinski definition) is 4. The van der Waals surface area contributed by atoms with E-state index in [1.54, 1.807) is 36.4 Å². The SMILES string of the molecule is NC(=O)c1[nH]cnc1C(=O)N(c1nc2ccc(Cl)cc2[nH]1)c1c(Cl)cccc1Cl. The maximum atomic E-state index is 13.4. The number of nitrogens with one attached hydrogen (secondary N) is 2. The second-order valence-corrected chi connectivity index (χ2v) is 7.17. The Hall–Kier alpha value is -3.07. The first-order valence-electron chi connectivity index (χ1n) is 8.13. The topological polar surface area (TPSA) is 121 Å². The molecule has 0 aliphatic heterocycles. The van der Waals surface area contributed by atoms with Crippen molar-refractivity contribution in [3.8, 4) is 0 Å². The molecule has 29 heavy (non-hydrogen) atoms. The van der Waals surface area contributed by atoms with Crippen LogP contribution < -0.4 is 10.6 Å². The standard InChI is InChI=1S/C18H11Cl3N6O2/c19-8-4-5-11-12(6-8)26-18(25-11)27(15-9(20)2-1-3-10(15)21)17(29)14-13(16(22)28)23-7-24-14/h1-7H,(H2,22,28)(H,23,24)(H,25,26). The van der Waals surface area contributed by atoms with Crippen LogP contribution in [0, 0.1) is 0 Å². The molecule has 0 aliphatic carbocycles. The second kappa shape index (κ2) is 7.40. The largest absolute Gasteiger partial charge is 0.364 e. The number of aromatic nitrogens is 4. The summed E-state index contributed by atoms with van der Waals surface area (Å²) in [6, 6.07) is 9.80. The smallest absolute Gasteiger partial charge is 0.286 e. The van der Waals surface area contributed by atoms with Crippen LogP contribution in [0.4, 0.5) is 11.6 Å². The Morgan fingerprint density at radius 3 is 2.48 bits per heavy atom. The van der Waals surface area contributed by atoms with Gasteiger partial charge in [-0.1, -0.05) is 40.9 Å². The van der Waals surface area contributed by atoms with Crippen LogP contribution in [0.1, 0.15) is 21.0 Å². The number of hydrogen-bond donors (Lipinski definition) is 3. The van der Waals surface area contributed by atoms with Gasteiger partial charge >= 0.3 is 0 Å². The highest BCUT2D eigenvalue weighted by Crippen LogP contribution is 2.38. The van der Waals surface area contributed by atoms with Gasteiger partial charge in [-0.25, -0.2) is 14.9 Å². The molecule has 146 valence electrons. The van der Waals surface area contributed by atoms with Crippen LogP contribution in [-0.4, -0.2) is 31.8 Å². The molecular weight excluding hydrogens is 439 g/mol. The Labute approximate surface area is 178 Å². The Bertz CT molecular complexity index is 1250. The molecule has 0 radical (unpaired) electrons. The van der Waals surface area contributed by atoms with Gasteiger partial charge < -0.3 is 15.7 Å². The average molecular weight is 450 g/mol. The Kier molecular flexibility index (Phi) is 4.91. The molecule has 0 unspecified atom stereocenters. The summed E-state index contributed by atoms with van der Waals surface area (Å²) in [5, 5.41) is 0.880. The van der Waals surface area contributed by atoms with E-state index in [-0.39, 0.29) is 33.1 Å². The van der Waals surface area contributed by atoms with Gasteiger partial charge in [0.05, 0.1) is 33.1 Å². The third-order valence-corrected chi connectivity index (χ3v) is 4.94. The van der Waals surface area contributed by atoms with Gasteiger partial charge in [0.2, 0.25) is 5.95 Å². The number of nitrogens with two attached hydrogens (primary N) is 1. The highest BCUT2D eigenvalue weighted by atomic mass is 35.5. The zero-order valence-electron chi connectivity index (χ0n) is 14.4. The van der Waals surface area contributed by atoms with E-state index in [0.717, 1.165) is 4.90 Å². The fourth-order valence-electron chi connectivity index (χ4n) is 2.83. The summed E-state index contributed by atoms with van der Waals surface area (Å²) >= 11 is 18.7. The first-order valence-corrected chi connectivity index (χ1v) is 9.27. The van der Waals surface area contributed by atoms with Crippen molar-refractivity contribution in [1.82, 2.24) is 19.9 Å². The van der Waals surface area contributed by atoms with Crippen molar-refractivity contribution in [2.24, 2.45) is 5.73 Å². The van der Waals surface area contributed by atoms with Gasteiger partial charge in [-0.2, -0.15) is 0 Å². The number of amides is 2. The van der Waals surface area contributed by atoms with Crippen LogP contribution in [0.5, 0.6) is 0 Å². The summed E-state index contributed by atoms with van der Waals surface area (Å²) < 4.78 is 0. The van der Waals surface area contributed by atoms with Gasteiger partial charge in [0, 0.05) is 5.02 Å². The normalized spacial score (nSPS) is 11.0. The Morgan fingerprint density at radius 1 is 1.07 bits per heavy atom. The number of aromatic amines is 2. The number of imidazole rings is 2. The number of primary amides is 1. The minimum atomic E-state index is -0.840. The Morgan fingerprint density at radius 2 is 1.79 bits per heavy atom. The van der Waals surface area contributed by atoms with Gasteiger partial charge in [-0.15, -0.1) is 0 Å². The lowest BCUT2D eigenvalue weighted by molar-refractivity contribution is 0.0961. The van der Waals surface area contributed by atoms with Gasteiger partial charge in [0.1, 0.15) is 5.69 Å². The molecule has 2 heterocycles. The number of carbonyl (C=O) groups is 2. The summed E-state index contributed by atoms with van der Waals surface area (Å²) in [6.07, 6.45) is 1.19. The summed E-state index contributed by atoms with van der Waals surface area (Å²) in [5.74, 6) is -1.44. The molecule has 11 heteroatoms. The van der Waals surface area contributed by atoms with Crippen LogP contribution >= 0.6 is 34.8 Å². The quantitative estimate of drug-likeness (QED) is 0.429. The van der Waals surface area contributed by atoms with E-state index in [1.807, 2.05) is 0 Å². The second-order valence-electron chi connectivity index (χ2n) is 5.92. The van der Waals surface area contributed by atoms with Crippen molar-refractivity contribution in [2.75, 3.05) is 4.90 Å². The molecule has 0 saturated heterocycles. The van der Waals surface area contributed by atoms with Gasteiger partial charge in [-0.3, -0.25) is 9.59 Å². The summed E-state index contributed by atoms with van der Waals surface area (Å²) in [7, 11) is 0. The fraction of sp³-hybridized carbons (Fsp3) is 0. The van der Waals surface area contributed by atoms with Crippen LogP contribution in [0.15, 0.2) is 42.7 Å². The number of nitrogens with zero attached hydrogens (tertiary/aromatic N) is 3. The number of halogens is 3. The lowest BCUT2D eigenvalue weighted by Gasteiger charge is -2.21. The predicted molar refractivity (Wildman–Crippen MR) is 111 cm³/mol. The first-order chi connectivity index (χ1) is 13.9. The monoisotopic (exact) mass is 448 g/mol. The van der Waals surface area contributed by atoms with E-state index in [4.69, 9.17) is 40.5 Å². The number of para-hydroxylation sites is 1. The molecule has 0 bridgehead atoms. The maximum absolute atomic E-state index is 13.4. The van der Waals surface area contributed by atoms with Gasteiger partial charge in [0.25, 0.3) is 11.8 Å². The molecule has 2 amide bonds. The zero-order valence-corrected chi connectivity index (χ0v) is 16.7. The molecule has 8 nitrogen and oxygen atoms in total. The highest BCUT2D eigenvalue weighted by molar-refractivity contribution is 6.40. The molecule has 0 atom stereocenters. The molecule has 2 aromatic heterocycles. The highest BCUT2D eigenvalue weighted by Gasteiger charge is 2.31. The average Bonchev–Trinajstić information content (AvgIpc) is 3.30. The summed E-state index contributed by atoms with van der Waals surface area (Å²) in [4.78, 5) is 40.2. The van der Waals surface area contributed by atoms with E-state index in [2.05, 4.69) is 19.9 Å². The van der Waals surface area contributed by atoms with Crippen molar-refractivity contribution in [3.05, 3.63) is 69.2 Å². The molecule has 4 aromatic rings.